The summed E-state index contributed by atoms with van der Waals surface area (Å²) in [6.07, 6.45) is 0. The van der Waals surface area contributed by atoms with Crippen LogP contribution in [0.5, 0.6) is 0 Å². The fourth-order valence-corrected chi connectivity index (χ4v) is 3.00. The van der Waals surface area contributed by atoms with Gasteiger partial charge in [-0.2, -0.15) is 0 Å². The van der Waals surface area contributed by atoms with Crippen molar-refractivity contribution in [3.8, 4) is 0 Å². The van der Waals surface area contributed by atoms with Crippen LogP contribution >= 0.6 is 0 Å². The first-order chi connectivity index (χ1) is 13.4. The third kappa shape index (κ3) is 3.93. The molecule has 0 saturated heterocycles. The van der Waals surface area contributed by atoms with Gasteiger partial charge in [0.25, 0.3) is 0 Å². The topological polar surface area (TPSA) is 77.4 Å². The molecule has 0 aliphatic rings. The van der Waals surface area contributed by atoms with E-state index in [2.05, 4.69) is 5.32 Å². The molecule has 6 nitrogen and oxygen atoms in total. The Morgan fingerprint density at radius 1 is 1.14 bits per heavy atom. The number of anilines is 1. The fourth-order valence-electron chi connectivity index (χ4n) is 3.00. The summed E-state index contributed by atoms with van der Waals surface area (Å²) in [7, 11) is 0. The number of amides is 1. The van der Waals surface area contributed by atoms with Crippen LogP contribution in [0.3, 0.4) is 0 Å². The van der Waals surface area contributed by atoms with Gasteiger partial charge in [-0.05, 0) is 44.2 Å². The molecule has 3 rings (SSSR count). The van der Waals surface area contributed by atoms with Crippen molar-refractivity contribution in [3.63, 3.8) is 0 Å². The van der Waals surface area contributed by atoms with Gasteiger partial charge in [0, 0.05) is 22.8 Å². The molecule has 0 bridgehead atoms. The summed E-state index contributed by atoms with van der Waals surface area (Å²) >= 11 is 0. The highest BCUT2D eigenvalue weighted by atomic mass is 19.1. The van der Waals surface area contributed by atoms with Crippen LogP contribution in [0.25, 0.3) is 10.9 Å². The molecular weight excluding hydrogens is 363 g/mol. The first-order valence-corrected chi connectivity index (χ1v) is 8.76. The lowest BCUT2D eigenvalue weighted by Crippen LogP contribution is -2.23. The van der Waals surface area contributed by atoms with E-state index in [9.17, 15) is 18.8 Å². The van der Waals surface area contributed by atoms with Crippen molar-refractivity contribution in [1.29, 1.82) is 0 Å². The number of ether oxygens (including phenoxy) is 1. The molecule has 1 heterocycles. The van der Waals surface area contributed by atoms with Gasteiger partial charge in [0.05, 0.1) is 17.7 Å². The van der Waals surface area contributed by atoms with Crippen LogP contribution in [0.15, 0.2) is 53.3 Å². The van der Waals surface area contributed by atoms with Gasteiger partial charge in [-0.1, -0.05) is 12.1 Å². The summed E-state index contributed by atoms with van der Waals surface area (Å²) in [6, 6.07) is 12.0. The molecule has 144 valence electrons. The molecule has 0 atom stereocenters. The van der Waals surface area contributed by atoms with E-state index in [1.54, 1.807) is 32.0 Å². The third-order valence-corrected chi connectivity index (χ3v) is 4.25. The van der Waals surface area contributed by atoms with E-state index in [1.165, 1.54) is 34.9 Å². The Balaban J connectivity index is 1.88. The van der Waals surface area contributed by atoms with Crippen LogP contribution in [-0.4, -0.2) is 23.1 Å². The maximum absolute atomic E-state index is 14.4. The number of pyridine rings is 1. The fraction of sp³-hybridized carbons (Fsp3) is 0.190. The van der Waals surface area contributed by atoms with Gasteiger partial charge in [0.2, 0.25) is 5.91 Å². The van der Waals surface area contributed by atoms with E-state index < -0.39 is 17.7 Å². The third-order valence-electron chi connectivity index (χ3n) is 4.25. The molecule has 0 saturated carbocycles. The molecule has 3 aromatic rings. The number of rotatable bonds is 5. The predicted molar refractivity (Wildman–Crippen MR) is 104 cm³/mol. The molecule has 0 fully saturated rings. The van der Waals surface area contributed by atoms with Gasteiger partial charge < -0.3 is 14.6 Å². The molecule has 1 amide bonds. The van der Waals surface area contributed by atoms with Crippen molar-refractivity contribution in [2.75, 3.05) is 11.9 Å². The van der Waals surface area contributed by atoms with Gasteiger partial charge in [0.1, 0.15) is 12.4 Å². The molecule has 7 heteroatoms. The van der Waals surface area contributed by atoms with Crippen molar-refractivity contribution < 1.29 is 18.7 Å². The molecule has 0 radical (unpaired) electrons. The smallest absolute Gasteiger partial charge is 0.338 e. The summed E-state index contributed by atoms with van der Waals surface area (Å²) in [4.78, 5) is 36.5. The Hall–Kier alpha value is -3.48. The largest absolute Gasteiger partial charge is 0.462 e. The van der Waals surface area contributed by atoms with Crippen LogP contribution in [0.4, 0.5) is 10.1 Å². The summed E-state index contributed by atoms with van der Waals surface area (Å²) in [5.41, 5.74) is 0.987. The lowest BCUT2D eigenvalue weighted by atomic mass is 10.1. The van der Waals surface area contributed by atoms with E-state index in [4.69, 9.17) is 4.74 Å². The van der Waals surface area contributed by atoms with Crippen molar-refractivity contribution in [3.05, 3.63) is 75.8 Å². The first-order valence-electron chi connectivity index (χ1n) is 8.76. The number of hydrogen-bond acceptors (Lipinski definition) is 4. The predicted octanol–water partition coefficient (Wildman–Crippen LogP) is 3.26. The standard InChI is InChI=1S/C21H19FN2O4/c1-3-28-21(27)14-6-4-7-15(11-14)23-19(26)12-24-13(2)10-18(25)16-8-5-9-17(22)20(16)24/h4-11H,3,12H2,1-2H3,(H,23,26). The zero-order chi connectivity index (χ0) is 20.3. The SMILES string of the molecule is CCOC(=O)c1cccc(NC(=O)Cn2c(C)cc(=O)c3cccc(F)c32)c1. The maximum Gasteiger partial charge on any atom is 0.338 e. The highest BCUT2D eigenvalue weighted by Crippen LogP contribution is 2.17. The van der Waals surface area contributed by atoms with Crippen molar-refractivity contribution in [1.82, 2.24) is 4.57 Å². The number of esters is 1. The number of aryl methyl sites for hydroxylation is 1. The van der Waals surface area contributed by atoms with Crippen LogP contribution in [-0.2, 0) is 16.1 Å². The Morgan fingerprint density at radius 3 is 2.64 bits per heavy atom. The zero-order valence-electron chi connectivity index (χ0n) is 15.5. The van der Waals surface area contributed by atoms with E-state index in [0.717, 1.165) is 0 Å². The number of carbonyl (C=O) groups is 2. The molecule has 1 N–H and O–H groups in total. The van der Waals surface area contributed by atoms with Crippen LogP contribution in [0.2, 0.25) is 0 Å². The highest BCUT2D eigenvalue weighted by Gasteiger charge is 2.14. The van der Waals surface area contributed by atoms with Gasteiger partial charge in [-0.15, -0.1) is 0 Å². The number of hydrogen-bond donors (Lipinski definition) is 1. The van der Waals surface area contributed by atoms with Gasteiger partial charge >= 0.3 is 5.97 Å². The van der Waals surface area contributed by atoms with E-state index >= 15 is 0 Å². The number of nitrogens with zero attached hydrogens (tertiary/aromatic N) is 1. The molecular formula is C21H19FN2O4. The monoisotopic (exact) mass is 382 g/mol. The van der Waals surface area contributed by atoms with Crippen molar-refractivity contribution >= 4 is 28.5 Å². The summed E-state index contributed by atoms with van der Waals surface area (Å²) in [6.45, 7) is 3.41. The zero-order valence-corrected chi connectivity index (χ0v) is 15.5. The average Bonchev–Trinajstić information content (AvgIpc) is 2.65. The second kappa shape index (κ2) is 8.04. The first kappa shape index (κ1) is 19.3. The molecule has 2 aromatic carbocycles. The summed E-state index contributed by atoms with van der Waals surface area (Å²) in [5.74, 6) is -1.48. The van der Waals surface area contributed by atoms with Crippen molar-refractivity contribution in [2.45, 2.75) is 20.4 Å². The quantitative estimate of drug-likeness (QED) is 0.687. The molecule has 0 unspecified atom stereocenters. The summed E-state index contributed by atoms with van der Waals surface area (Å²) < 4.78 is 20.8. The number of aromatic nitrogens is 1. The number of benzene rings is 2. The van der Waals surface area contributed by atoms with E-state index in [0.29, 0.717) is 16.9 Å². The average molecular weight is 382 g/mol. The summed E-state index contributed by atoms with van der Waals surface area (Å²) in [5, 5.41) is 2.90. The number of carbonyl (C=O) groups excluding carboxylic acids is 2. The molecule has 0 aliphatic carbocycles. The second-order valence-corrected chi connectivity index (χ2v) is 6.22. The normalized spacial score (nSPS) is 10.7. The minimum absolute atomic E-state index is 0.0860. The van der Waals surface area contributed by atoms with Crippen LogP contribution in [0, 0.1) is 12.7 Å². The highest BCUT2D eigenvalue weighted by molar-refractivity contribution is 5.95. The minimum atomic E-state index is -0.574. The maximum atomic E-state index is 14.4. The Labute approximate surface area is 160 Å². The lowest BCUT2D eigenvalue weighted by Gasteiger charge is -2.15. The van der Waals surface area contributed by atoms with E-state index in [1.807, 2.05) is 0 Å². The molecule has 28 heavy (non-hydrogen) atoms. The number of fused-ring (bicyclic) bond motifs is 1. The Kier molecular flexibility index (Phi) is 5.54. The molecule has 0 spiro atoms. The van der Waals surface area contributed by atoms with Gasteiger partial charge in [-0.3, -0.25) is 9.59 Å². The lowest BCUT2D eigenvalue weighted by molar-refractivity contribution is -0.116. The Morgan fingerprint density at radius 2 is 1.89 bits per heavy atom. The van der Waals surface area contributed by atoms with Crippen molar-refractivity contribution in [2.24, 2.45) is 0 Å². The number of nitrogens with one attached hydrogen (secondary N) is 1. The molecule has 0 aliphatic heterocycles. The van der Waals surface area contributed by atoms with E-state index in [-0.39, 0.29) is 29.5 Å². The van der Waals surface area contributed by atoms with Crippen LogP contribution in [0.1, 0.15) is 23.0 Å². The van der Waals surface area contributed by atoms with Gasteiger partial charge in [-0.25, -0.2) is 9.18 Å². The minimum Gasteiger partial charge on any atom is -0.462 e. The Bertz CT molecular complexity index is 1120. The molecule has 1 aromatic heterocycles. The van der Waals surface area contributed by atoms with Gasteiger partial charge in [0.15, 0.2) is 5.43 Å². The number of para-hydroxylation sites is 1. The second-order valence-electron chi connectivity index (χ2n) is 6.22. The number of halogens is 1. The van der Waals surface area contributed by atoms with Crippen LogP contribution < -0.4 is 10.7 Å².